The summed E-state index contributed by atoms with van der Waals surface area (Å²) < 4.78 is 36.8. The summed E-state index contributed by atoms with van der Waals surface area (Å²) in [5.41, 5.74) is 0.617. The number of rotatable bonds is 5. The van der Waals surface area contributed by atoms with Crippen molar-refractivity contribution in [1.82, 2.24) is 9.71 Å². The monoisotopic (exact) mass is 409 g/mol. The Morgan fingerprint density at radius 1 is 1.55 bits per heavy atom. The smallest absolute Gasteiger partial charge is 0.335 e. The molecule has 0 unspecified atom stereocenters. The molecule has 0 aliphatic rings. The maximum atomic E-state index is 12.1. The topological polar surface area (TPSA) is 111 Å². The molecule has 2 heterocycles. The van der Waals surface area contributed by atoms with Crippen molar-refractivity contribution >= 4 is 48.5 Å². The fraction of sp³-hybridized carbons (Fsp3) is 0.273. The van der Waals surface area contributed by atoms with Crippen LogP contribution in [0.4, 0.5) is 9.93 Å². The number of furan rings is 1. The zero-order chi connectivity index (χ0) is 16.3. The zero-order valence-corrected chi connectivity index (χ0v) is 14.8. The Morgan fingerprint density at radius 3 is 2.86 bits per heavy atom. The van der Waals surface area contributed by atoms with Gasteiger partial charge >= 0.3 is 6.03 Å². The lowest BCUT2D eigenvalue weighted by Crippen LogP contribution is -2.34. The van der Waals surface area contributed by atoms with Crippen LogP contribution in [0.3, 0.4) is 0 Å². The third-order valence-electron chi connectivity index (χ3n) is 2.46. The maximum absolute atomic E-state index is 12.1. The predicted octanol–water partition coefficient (Wildman–Crippen LogP) is 2.46. The van der Waals surface area contributed by atoms with E-state index in [0.717, 1.165) is 11.3 Å². The van der Waals surface area contributed by atoms with E-state index in [0.29, 0.717) is 15.1 Å². The highest BCUT2D eigenvalue weighted by Crippen LogP contribution is 2.23. The number of ether oxygens (including phenoxy) is 1. The number of aryl methyl sites for hydroxylation is 1. The lowest BCUT2D eigenvalue weighted by molar-refractivity contribution is 0.158. The van der Waals surface area contributed by atoms with E-state index in [1.165, 1.54) is 19.4 Å². The molecular weight excluding hydrogens is 398 g/mol. The molecule has 0 aromatic carbocycles. The van der Waals surface area contributed by atoms with Crippen molar-refractivity contribution in [2.24, 2.45) is 0 Å². The van der Waals surface area contributed by atoms with Crippen LogP contribution >= 0.6 is 27.3 Å². The molecule has 120 valence electrons. The maximum Gasteiger partial charge on any atom is 0.335 e. The number of carbonyl (C=O) groups excluding carboxylic acids is 1. The molecule has 0 fully saturated rings. The number of hydrogen-bond donors (Lipinski definition) is 2. The summed E-state index contributed by atoms with van der Waals surface area (Å²) in [5.74, 6) is 0.382. The predicted molar refractivity (Wildman–Crippen MR) is 83.3 cm³/mol. The van der Waals surface area contributed by atoms with Gasteiger partial charge in [-0.15, -0.1) is 0 Å². The Hall–Kier alpha value is -1.43. The van der Waals surface area contributed by atoms with Gasteiger partial charge in [-0.25, -0.2) is 14.5 Å². The van der Waals surface area contributed by atoms with Crippen LogP contribution in [0.1, 0.15) is 11.3 Å². The van der Waals surface area contributed by atoms with Gasteiger partial charge in [0.1, 0.15) is 12.4 Å². The summed E-state index contributed by atoms with van der Waals surface area (Å²) in [5, 5.41) is 2.22. The Bertz CT molecular complexity index is 784. The molecular formula is C11H12BrN3O5S2. The molecule has 0 aliphatic carbocycles. The molecule has 11 heteroatoms. The van der Waals surface area contributed by atoms with E-state index < -0.39 is 16.1 Å². The van der Waals surface area contributed by atoms with Gasteiger partial charge in [-0.3, -0.25) is 5.32 Å². The number of urea groups is 1. The first-order chi connectivity index (χ1) is 10.3. The lowest BCUT2D eigenvalue weighted by Gasteiger charge is -2.04. The average molecular weight is 410 g/mol. The molecule has 0 saturated carbocycles. The molecule has 0 aliphatic heterocycles. The second-order valence-corrected chi connectivity index (χ2v) is 8.16. The van der Waals surface area contributed by atoms with Gasteiger partial charge in [0.15, 0.2) is 5.13 Å². The number of aromatic nitrogens is 1. The van der Waals surface area contributed by atoms with E-state index in [1.54, 1.807) is 6.92 Å². The lowest BCUT2D eigenvalue weighted by atomic mass is 10.3. The number of thiazole rings is 1. The first kappa shape index (κ1) is 16.9. The molecule has 0 spiro atoms. The van der Waals surface area contributed by atoms with Crippen LogP contribution in [0.2, 0.25) is 0 Å². The number of sulfonamides is 1. The van der Waals surface area contributed by atoms with Crippen molar-refractivity contribution in [3.8, 4) is 0 Å². The zero-order valence-electron chi connectivity index (χ0n) is 11.5. The first-order valence-electron chi connectivity index (χ1n) is 5.85. The molecule has 2 aromatic heterocycles. The van der Waals surface area contributed by atoms with Crippen molar-refractivity contribution in [1.29, 1.82) is 0 Å². The van der Waals surface area contributed by atoms with E-state index in [-0.39, 0.29) is 16.8 Å². The minimum absolute atomic E-state index is 0.140. The molecule has 0 atom stereocenters. The first-order valence-corrected chi connectivity index (χ1v) is 8.94. The van der Waals surface area contributed by atoms with Crippen LogP contribution in [0.5, 0.6) is 0 Å². The third kappa shape index (κ3) is 4.06. The number of nitrogens with one attached hydrogen (secondary N) is 2. The minimum atomic E-state index is -4.11. The number of anilines is 1. The summed E-state index contributed by atoms with van der Waals surface area (Å²) in [6.45, 7) is 1.82. The van der Waals surface area contributed by atoms with Crippen molar-refractivity contribution in [3.63, 3.8) is 0 Å². The van der Waals surface area contributed by atoms with Gasteiger partial charge in [-0.05, 0) is 28.4 Å². The number of nitrogens with zero attached hydrogens (tertiary/aromatic N) is 1. The van der Waals surface area contributed by atoms with Crippen LogP contribution in [-0.2, 0) is 21.4 Å². The number of hydrogen-bond acceptors (Lipinski definition) is 7. The van der Waals surface area contributed by atoms with E-state index in [1.807, 2.05) is 4.72 Å². The van der Waals surface area contributed by atoms with Gasteiger partial charge in [-0.1, -0.05) is 11.3 Å². The van der Waals surface area contributed by atoms with Gasteiger partial charge in [0.25, 0.3) is 10.0 Å². The Kier molecular flexibility index (Phi) is 5.21. The Balaban J connectivity index is 2.10. The molecule has 8 nitrogen and oxygen atoms in total. The molecule has 2 rings (SSSR count). The molecule has 0 saturated heterocycles. The fourth-order valence-electron chi connectivity index (χ4n) is 1.50. The van der Waals surface area contributed by atoms with E-state index in [4.69, 9.17) is 9.15 Å². The van der Waals surface area contributed by atoms with E-state index in [2.05, 4.69) is 26.2 Å². The second kappa shape index (κ2) is 6.77. The van der Waals surface area contributed by atoms with Gasteiger partial charge in [0.2, 0.25) is 5.09 Å². The van der Waals surface area contributed by atoms with Crippen LogP contribution in [0.25, 0.3) is 0 Å². The fourth-order valence-corrected chi connectivity index (χ4v) is 3.54. The second-order valence-electron chi connectivity index (χ2n) is 4.13. The van der Waals surface area contributed by atoms with Gasteiger partial charge in [0, 0.05) is 13.2 Å². The van der Waals surface area contributed by atoms with Crippen molar-refractivity contribution in [2.45, 2.75) is 18.6 Å². The van der Waals surface area contributed by atoms with Gasteiger partial charge in [0.05, 0.1) is 9.98 Å². The normalized spacial score (nSPS) is 11.4. The highest BCUT2D eigenvalue weighted by molar-refractivity contribution is 9.11. The van der Waals surface area contributed by atoms with Crippen LogP contribution in [0.15, 0.2) is 25.6 Å². The van der Waals surface area contributed by atoms with Crippen LogP contribution in [0, 0.1) is 6.92 Å². The largest absolute Gasteiger partial charge is 0.445 e. The Morgan fingerprint density at radius 2 is 2.27 bits per heavy atom. The highest BCUT2D eigenvalue weighted by Gasteiger charge is 2.23. The molecule has 0 bridgehead atoms. The number of carbonyl (C=O) groups is 1. The highest BCUT2D eigenvalue weighted by atomic mass is 79.9. The summed E-state index contributed by atoms with van der Waals surface area (Å²) in [6.07, 6.45) is 1.49. The molecule has 2 aromatic rings. The SMILES string of the molecule is COCc1oc(S(=O)(=O)NC(=O)Nc2ncc(Br)s2)cc1C. The quantitative estimate of drug-likeness (QED) is 0.784. The third-order valence-corrected chi connectivity index (χ3v) is 5.04. The summed E-state index contributed by atoms with van der Waals surface area (Å²) >= 11 is 4.33. The molecule has 0 radical (unpaired) electrons. The minimum Gasteiger partial charge on any atom is -0.445 e. The van der Waals surface area contributed by atoms with Gasteiger partial charge < -0.3 is 9.15 Å². The number of halogens is 1. The van der Waals surface area contributed by atoms with E-state index in [9.17, 15) is 13.2 Å². The summed E-state index contributed by atoms with van der Waals surface area (Å²) in [6, 6.07) is 0.397. The number of amides is 2. The standard InChI is InChI=1S/C11H12BrN3O5S2/c1-6-3-9(20-7(6)5-19-2)22(17,18)15-10(16)14-11-13-4-8(12)21-11/h3-4H,5H2,1-2H3,(H2,13,14,15,16). The van der Waals surface area contributed by atoms with Crippen molar-refractivity contribution < 1.29 is 22.4 Å². The average Bonchev–Trinajstić information content (AvgIpc) is 2.97. The van der Waals surface area contributed by atoms with E-state index >= 15 is 0 Å². The molecule has 2 N–H and O–H groups in total. The Labute approximate surface area is 139 Å². The van der Waals surface area contributed by atoms with Crippen LogP contribution < -0.4 is 10.0 Å². The molecule has 22 heavy (non-hydrogen) atoms. The van der Waals surface area contributed by atoms with Crippen molar-refractivity contribution in [2.75, 3.05) is 12.4 Å². The summed E-state index contributed by atoms with van der Waals surface area (Å²) in [7, 11) is -2.65. The van der Waals surface area contributed by atoms with Gasteiger partial charge in [-0.2, -0.15) is 8.42 Å². The van der Waals surface area contributed by atoms with Crippen LogP contribution in [-0.4, -0.2) is 26.5 Å². The molecule has 2 amide bonds. The summed E-state index contributed by atoms with van der Waals surface area (Å²) in [4.78, 5) is 15.6. The van der Waals surface area contributed by atoms with Crippen molar-refractivity contribution in [3.05, 3.63) is 27.4 Å². The number of methoxy groups -OCH3 is 1.